The van der Waals surface area contributed by atoms with Gasteiger partial charge in [0, 0.05) is 38.3 Å². The van der Waals surface area contributed by atoms with Crippen molar-refractivity contribution >= 4 is 51.8 Å². The molecule has 0 radical (unpaired) electrons. The molecule has 0 bridgehead atoms. The number of carbonyl (C=O) groups is 1. The van der Waals surface area contributed by atoms with Gasteiger partial charge in [-0.1, -0.05) is 47.5 Å². The highest BCUT2D eigenvalue weighted by Crippen LogP contribution is 2.31. The van der Waals surface area contributed by atoms with Crippen LogP contribution in [0.2, 0.25) is 10.0 Å². The Morgan fingerprint density at radius 2 is 1.71 bits per heavy atom. The lowest BCUT2D eigenvalue weighted by atomic mass is 10.1. The summed E-state index contributed by atoms with van der Waals surface area (Å²) in [4.78, 5) is 27.9. The highest BCUT2D eigenvalue weighted by Gasteiger charge is 2.21. The van der Waals surface area contributed by atoms with E-state index in [1.54, 1.807) is 18.2 Å². The van der Waals surface area contributed by atoms with Gasteiger partial charge in [-0.3, -0.25) is 14.9 Å². The van der Waals surface area contributed by atoms with E-state index in [1.165, 1.54) is 29.5 Å². The average Bonchev–Trinajstić information content (AvgIpc) is 3.24. The van der Waals surface area contributed by atoms with E-state index in [0.29, 0.717) is 10.7 Å². The molecule has 0 atom stereocenters. The molecule has 3 aromatic carbocycles. The van der Waals surface area contributed by atoms with Crippen molar-refractivity contribution in [3.63, 3.8) is 0 Å². The lowest BCUT2D eigenvalue weighted by Crippen LogP contribution is -2.14. The Balaban J connectivity index is 1.59. The summed E-state index contributed by atoms with van der Waals surface area (Å²) in [5, 5.41) is 17.6. The van der Waals surface area contributed by atoms with Crippen LogP contribution in [0.25, 0.3) is 21.8 Å². The molecule has 0 saturated heterocycles. The fourth-order valence-corrected chi connectivity index (χ4v) is 4.07. The predicted octanol–water partition coefficient (Wildman–Crippen LogP) is 6.94. The number of nitro groups is 1. The van der Waals surface area contributed by atoms with Crippen molar-refractivity contribution < 1.29 is 9.72 Å². The van der Waals surface area contributed by atoms with E-state index in [4.69, 9.17) is 23.2 Å². The summed E-state index contributed by atoms with van der Waals surface area (Å²) in [5.41, 5.74) is 2.57. The molecule has 1 amide bonds. The first-order chi connectivity index (χ1) is 14.9. The van der Waals surface area contributed by atoms with Gasteiger partial charge in [-0.15, -0.1) is 11.3 Å². The number of rotatable bonds is 5. The quantitative estimate of drug-likeness (QED) is 0.253. The summed E-state index contributed by atoms with van der Waals surface area (Å²) in [5.74, 6) is -0.619. The minimum Gasteiger partial charge on any atom is -0.322 e. The minimum atomic E-state index is -0.619. The lowest BCUT2D eigenvalue weighted by molar-refractivity contribution is -0.385. The highest BCUT2D eigenvalue weighted by molar-refractivity contribution is 7.13. The van der Waals surface area contributed by atoms with Gasteiger partial charge in [0.15, 0.2) is 0 Å². The monoisotopic (exact) mass is 469 g/mol. The number of nitrogens with one attached hydrogen (secondary N) is 1. The molecular weight excluding hydrogens is 457 g/mol. The van der Waals surface area contributed by atoms with Crippen molar-refractivity contribution in [3.05, 3.63) is 97.8 Å². The van der Waals surface area contributed by atoms with Crippen LogP contribution < -0.4 is 5.32 Å². The maximum atomic E-state index is 12.7. The van der Waals surface area contributed by atoms with Crippen molar-refractivity contribution in [1.29, 1.82) is 0 Å². The standard InChI is InChI=1S/C22H13Cl2N3O3S/c23-15-6-4-13(5-7-15)22-26-19(12-31-22)14-2-1-3-17(10-14)25-21(28)18-11-16(24)8-9-20(18)27(29)30/h1-12H,(H,25,28). The normalized spacial score (nSPS) is 10.6. The fraction of sp³-hybridized carbons (Fsp3) is 0. The van der Waals surface area contributed by atoms with Crippen LogP contribution >= 0.6 is 34.5 Å². The number of nitro benzene ring substituents is 1. The molecule has 1 aromatic heterocycles. The number of amides is 1. The Morgan fingerprint density at radius 3 is 2.45 bits per heavy atom. The zero-order valence-corrected chi connectivity index (χ0v) is 18.0. The first-order valence-electron chi connectivity index (χ1n) is 8.98. The number of halogens is 2. The second kappa shape index (κ2) is 8.85. The summed E-state index contributed by atoms with van der Waals surface area (Å²) in [6.45, 7) is 0. The summed E-state index contributed by atoms with van der Waals surface area (Å²) in [6.07, 6.45) is 0. The summed E-state index contributed by atoms with van der Waals surface area (Å²) in [6, 6.07) is 18.4. The van der Waals surface area contributed by atoms with Crippen molar-refractivity contribution in [2.24, 2.45) is 0 Å². The van der Waals surface area contributed by atoms with Crippen LogP contribution in [0.3, 0.4) is 0 Å². The SMILES string of the molecule is O=C(Nc1cccc(-c2csc(-c3ccc(Cl)cc3)n2)c1)c1cc(Cl)ccc1[N+](=O)[O-]. The number of nitrogens with zero attached hydrogens (tertiary/aromatic N) is 2. The van der Waals surface area contributed by atoms with Crippen LogP contribution in [0, 0.1) is 10.1 Å². The van der Waals surface area contributed by atoms with E-state index in [2.05, 4.69) is 10.3 Å². The summed E-state index contributed by atoms with van der Waals surface area (Å²) in [7, 11) is 0. The number of benzene rings is 3. The maximum absolute atomic E-state index is 12.7. The van der Waals surface area contributed by atoms with E-state index < -0.39 is 10.8 Å². The second-order valence-corrected chi connectivity index (χ2v) is 8.23. The largest absolute Gasteiger partial charge is 0.322 e. The third kappa shape index (κ3) is 4.74. The molecule has 4 rings (SSSR count). The van der Waals surface area contributed by atoms with E-state index in [1.807, 2.05) is 35.7 Å². The minimum absolute atomic E-state index is 0.110. The fourth-order valence-electron chi connectivity index (χ4n) is 2.94. The predicted molar refractivity (Wildman–Crippen MR) is 124 cm³/mol. The lowest BCUT2D eigenvalue weighted by Gasteiger charge is -2.07. The highest BCUT2D eigenvalue weighted by atomic mass is 35.5. The van der Waals surface area contributed by atoms with E-state index in [-0.39, 0.29) is 16.3 Å². The van der Waals surface area contributed by atoms with Crippen molar-refractivity contribution in [2.45, 2.75) is 0 Å². The molecule has 0 spiro atoms. The molecule has 31 heavy (non-hydrogen) atoms. The number of aromatic nitrogens is 1. The molecule has 0 aliphatic rings. The van der Waals surface area contributed by atoms with E-state index >= 15 is 0 Å². The molecule has 0 unspecified atom stereocenters. The van der Waals surface area contributed by atoms with Gasteiger partial charge in [0.1, 0.15) is 10.6 Å². The third-order valence-electron chi connectivity index (χ3n) is 4.41. The van der Waals surface area contributed by atoms with Crippen LogP contribution in [0.1, 0.15) is 10.4 Å². The summed E-state index contributed by atoms with van der Waals surface area (Å²) < 4.78 is 0. The van der Waals surface area contributed by atoms with Crippen molar-refractivity contribution in [2.75, 3.05) is 5.32 Å². The van der Waals surface area contributed by atoms with Crippen molar-refractivity contribution in [1.82, 2.24) is 4.98 Å². The van der Waals surface area contributed by atoms with Crippen LogP contribution in [0.15, 0.2) is 72.1 Å². The van der Waals surface area contributed by atoms with E-state index in [0.717, 1.165) is 21.8 Å². The van der Waals surface area contributed by atoms with Gasteiger partial charge in [0.25, 0.3) is 11.6 Å². The zero-order chi connectivity index (χ0) is 22.0. The molecule has 0 aliphatic carbocycles. The van der Waals surface area contributed by atoms with Gasteiger partial charge in [0.05, 0.1) is 10.6 Å². The van der Waals surface area contributed by atoms with Crippen molar-refractivity contribution in [3.8, 4) is 21.8 Å². The van der Waals surface area contributed by atoms with Crippen LogP contribution in [0.5, 0.6) is 0 Å². The number of hydrogen-bond acceptors (Lipinski definition) is 5. The van der Waals surface area contributed by atoms with Gasteiger partial charge < -0.3 is 5.32 Å². The molecule has 1 N–H and O–H groups in total. The van der Waals surface area contributed by atoms with Gasteiger partial charge in [0.2, 0.25) is 0 Å². The number of anilines is 1. The molecule has 0 aliphatic heterocycles. The van der Waals surface area contributed by atoms with Gasteiger partial charge in [-0.2, -0.15) is 0 Å². The van der Waals surface area contributed by atoms with Crippen LogP contribution in [-0.2, 0) is 0 Å². The molecular formula is C22H13Cl2N3O3S. The van der Waals surface area contributed by atoms with Crippen LogP contribution in [-0.4, -0.2) is 15.8 Å². The maximum Gasteiger partial charge on any atom is 0.282 e. The molecule has 4 aromatic rings. The van der Waals surface area contributed by atoms with Gasteiger partial charge >= 0.3 is 0 Å². The topological polar surface area (TPSA) is 85.1 Å². The van der Waals surface area contributed by atoms with Gasteiger partial charge in [-0.25, -0.2) is 4.98 Å². The van der Waals surface area contributed by atoms with Crippen LogP contribution in [0.4, 0.5) is 11.4 Å². The second-order valence-electron chi connectivity index (χ2n) is 6.50. The molecule has 0 fully saturated rings. The third-order valence-corrected chi connectivity index (χ3v) is 5.79. The molecule has 1 heterocycles. The molecule has 154 valence electrons. The Morgan fingerprint density at radius 1 is 0.968 bits per heavy atom. The zero-order valence-electron chi connectivity index (χ0n) is 15.7. The smallest absolute Gasteiger partial charge is 0.282 e. The first-order valence-corrected chi connectivity index (χ1v) is 10.6. The first kappa shape index (κ1) is 21.0. The Labute approximate surface area is 191 Å². The summed E-state index contributed by atoms with van der Waals surface area (Å²) >= 11 is 13.4. The Kier molecular flexibility index (Phi) is 5.99. The van der Waals surface area contributed by atoms with Gasteiger partial charge in [-0.05, 0) is 36.4 Å². The number of thiazole rings is 1. The number of carbonyl (C=O) groups excluding carboxylic acids is 1. The molecule has 6 nitrogen and oxygen atoms in total. The Bertz CT molecular complexity index is 1290. The Hall–Kier alpha value is -3.26. The average molecular weight is 470 g/mol. The van der Waals surface area contributed by atoms with E-state index in [9.17, 15) is 14.9 Å². The molecule has 0 saturated carbocycles. The molecule has 9 heteroatoms. The number of hydrogen-bond donors (Lipinski definition) is 1.